The molecule has 4 aliphatic rings. The number of hydrogen-bond donors (Lipinski definition) is 3. The highest BCUT2D eigenvalue weighted by Crippen LogP contribution is 2.68. The highest BCUT2D eigenvalue weighted by Gasteiger charge is 2.62. The zero-order valence-electron chi connectivity index (χ0n) is 19.2. The van der Waals surface area contributed by atoms with Crippen LogP contribution in [-0.4, -0.2) is 34.1 Å². The molecule has 4 aliphatic carbocycles. The van der Waals surface area contributed by atoms with Gasteiger partial charge < -0.3 is 15.3 Å². The largest absolute Gasteiger partial charge is 0.396 e. The van der Waals surface area contributed by atoms with Crippen LogP contribution in [0.5, 0.6) is 0 Å². The van der Waals surface area contributed by atoms with E-state index < -0.39 is 0 Å². The Morgan fingerprint density at radius 2 is 1.59 bits per heavy atom. The minimum Gasteiger partial charge on any atom is -0.396 e. The molecule has 10 atom stereocenters. The number of aliphatic hydroxyl groups excluding tert-OH is 3. The summed E-state index contributed by atoms with van der Waals surface area (Å²) in [5.74, 6) is 3.89. The SMILES string of the molecule is CC(CCCCCO)C1CCC2C3C(O)CC4CC(O)CCC4(C)C3CCC12C. The highest BCUT2D eigenvalue weighted by atomic mass is 16.3. The third-order valence-electron chi connectivity index (χ3n) is 10.7. The maximum Gasteiger partial charge on any atom is 0.0577 e. The van der Waals surface area contributed by atoms with Crippen LogP contribution in [0.2, 0.25) is 0 Å². The molecule has 4 rings (SSSR count). The van der Waals surface area contributed by atoms with Gasteiger partial charge in [0, 0.05) is 6.61 Å². The molecule has 0 heterocycles. The van der Waals surface area contributed by atoms with E-state index in [0.717, 1.165) is 50.4 Å². The van der Waals surface area contributed by atoms with Crippen molar-refractivity contribution in [2.75, 3.05) is 6.61 Å². The van der Waals surface area contributed by atoms with Gasteiger partial charge in [-0.3, -0.25) is 0 Å². The van der Waals surface area contributed by atoms with Gasteiger partial charge in [-0.25, -0.2) is 0 Å². The minimum atomic E-state index is -0.161. The Labute approximate surface area is 178 Å². The van der Waals surface area contributed by atoms with E-state index in [1.165, 1.54) is 38.5 Å². The molecule has 0 spiro atoms. The van der Waals surface area contributed by atoms with Gasteiger partial charge in [0.1, 0.15) is 0 Å². The topological polar surface area (TPSA) is 60.7 Å². The van der Waals surface area contributed by atoms with Gasteiger partial charge in [0.25, 0.3) is 0 Å². The predicted molar refractivity (Wildman–Crippen MR) is 117 cm³/mol. The summed E-state index contributed by atoms with van der Waals surface area (Å²) in [6.07, 6.45) is 13.5. The van der Waals surface area contributed by atoms with Crippen LogP contribution < -0.4 is 0 Å². The fourth-order valence-corrected chi connectivity index (χ4v) is 9.13. The molecule has 0 aromatic rings. The van der Waals surface area contributed by atoms with Crippen LogP contribution in [-0.2, 0) is 0 Å². The highest BCUT2D eigenvalue weighted by molar-refractivity contribution is 5.11. The molecule has 4 saturated carbocycles. The van der Waals surface area contributed by atoms with Gasteiger partial charge >= 0.3 is 0 Å². The fraction of sp³-hybridized carbons (Fsp3) is 1.00. The third-order valence-corrected chi connectivity index (χ3v) is 10.7. The van der Waals surface area contributed by atoms with Crippen LogP contribution in [0.4, 0.5) is 0 Å². The molecule has 0 amide bonds. The first-order chi connectivity index (χ1) is 13.8. The van der Waals surface area contributed by atoms with Crippen LogP contribution in [0.15, 0.2) is 0 Å². The molecular formula is C26H46O3. The Balaban J connectivity index is 1.49. The molecule has 3 nitrogen and oxygen atoms in total. The number of hydrogen-bond acceptors (Lipinski definition) is 3. The summed E-state index contributed by atoms with van der Waals surface area (Å²) in [4.78, 5) is 0. The van der Waals surface area contributed by atoms with E-state index in [1.807, 2.05) is 0 Å². The van der Waals surface area contributed by atoms with Crippen molar-refractivity contribution in [3.8, 4) is 0 Å². The average Bonchev–Trinajstić information content (AvgIpc) is 3.04. The predicted octanol–water partition coefficient (Wildman–Crippen LogP) is 5.17. The lowest BCUT2D eigenvalue weighted by molar-refractivity contribution is -0.174. The summed E-state index contributed by atoms with van der Waals surface area (Å²) in [5, 5.41) is 30.6. The van der Waals surface area contributed by atoms with Crippen molar-refractivity contribution in [3.05, 3.63) is 0 Å². The molecule has 0 saturated heterocycles. The van der Waals surface area contributed by atoms with E-state index in [1.54, 1.807) is 0 Å². The fourth-order valence-electron chi connectivity index (χ4n) is 9.13. The first kappa shape index (κ1) is 22.1. The van der Waals surface area contributed by atoms with Crippen molar-refractivity contribution < 1.29 is 15.3 Å². The first-order valence-electron chi connectivity index (χ1n) is 12.8. The monoisotopic (exact) mass is 406 g/mol. The molecule has 168 valence electrons. The Morgan fingerprint density at radius 1 is 0.862 bits per heavy atom. The second kappa shape index (κ2) is 8.43. The molecule has 0 aromatic heterocycles. The molecular weight excluding hydrogens is 360 g/mol. The van der Waals surface area contributed by atoms with E-state index in [0.29, 0.717) is 41.1 Å². The summed E-state index contributed by atoms with van der Waals surface area (Å²) in [7, 11) is 0. The van der Waals surface area contributed by atoms with Crippen LogP contribution in [0.1, 0.15) is 97.8 Å². The maximum atomic E-state index is 11.3. The normalized spacial score (nSPS) is 50.5. The lowest BCUT2D eigenvalue weighted by Gasteiger charge is -2.62. The smallest absolute Gasteiger partial charge is 0.0577 e. The third kappa shape index (κ3) is 3.72. The van der Waals surface area contributed by atoms with Crippen LogP contribution in [0.25, 0.3) is 0 Å². The number of unbranched alkanes of at least 4 members (excludes halogenated alkanes) is 2. The molecule has 0 aliphatic heterocycles. The minimum absolute atomic E-state index is 0.145. The van der Waals surface area contributed by atoms with E-state index in [-0.39, 0.29) is 12.2 Å². The van der Waals surface area contributed by atoms with Crippen molar-refractivity contribution in [3.63, 3.8) is 0 Å². The maximum absolute atomic E-state index is 11.3. The zero-order chi connectivity index (χ0) is 20.8. The standard InChI is InChI=1S/C26H46O3/c1-17(7-5-4-6-14-27)20-8-9-21-24-22(11-13-26(20,21)3)25(2)12-10-19(28)15-18(25)16-23(24)29/h17-24,27-29H,4-16H2,1-3H3. The summed E-state index contributed by atoms with van der Waals surface area (Å²) in [6.45, 7) is 7.88. The van der Waals surface area contributed by atoms with E-state index >= 15 is 0 Å². The van der Waals surface area contributed by atoms with Gasteiger partial charge in [-0.1, -0.05) is 40.0 Å². The van der Waals surface area contributed by atoms with Crippen molar-refractivity contribution in [2.45, 2.75) is 110 Å². The lowest BCUT2D eigenvalue weighted by Crippen LogP contribution is -2.58. The van der Waals surface area contributed by atoms with Gasteiger partial charge in [0.15, 0.2) is 0 Å². The van der Waals surface area contributed by atoms with Gasteiger partial charge in [0.2, 0.25) is 0 Å². The summed E-state index contributed by atoms with van der Waals surface area (Å²) in [5.41, 5.74) is 0.731. The summed E-state index contributed by atoms with van der Waals surface area (Å²) < 4.78 is 0. The summed E-state index contributed by atoms with van der Waals surface area (Å²) >= 11 is 0. The second-order valence-corrected chi connectivity index (χ2v) is 12.0. The zero-order valence-corrected chi connectivity index (χ0v) is 19.2. The Morgan fingerprint density at radius 3 is 2.34 bits per heavy atom. The molecule has 0 bridgehead atoms. The Bertz CT molecular complexity index is 564. The number of fused-ring (bicyclic) bond motifs is 5. The molecule has 3 heteroatoms. The Hall–Kier alpha value is -0.120. The second-order valence-electron chi connectivity index (χ2n) is 12.0. The molecule has 4 fully saturated rings. The Kier molecular flexibility index (Phi) is 6.42. The van der Waals surface area contributed by atoms with Crippen molar-refractivity contribution in [2.24, 2.45) is 46.3 Å². The van der Waals surface area contributed by atoms with Gasteiger partial charge in [-0.05, 0) is 104 Å². The molecule has 29 heavy (non-hydrogen) atoms. The van der Waals surface area contributed by atoms with E-state index in [9.17, 15) is 10.2 Å². The van der Waals surface area contributed by atoms with Gasteiger partial charge in [-0.2, -0.15) is 0 Å². The first-order valence-corrected chi connectivity index (χ1v) is 12.8. The van der Waals surface area contributed by atoms with Crippen molar-refractivity contribution >= 4 is 0 Å². The lowest BCUT2D eigenvalue weighted by atomic mass is 9.43. The molecule has 3 N–H and O–H groups in total. The molecule has 0 aromatic carbocycles. The van der Waals surface area contributed by atoms with E-state index in [2.05, 4.69) is 20.8 Å². The average molecular weight is 407 g/mol. The van der Waals surface area contributed by atoms with Crippen LogP contribution >= 0.6 is 0 Å². The van der Waals surface area contributed by atoms with Crippen molar-refractivity contribution in [1.82, 2.24) is 0 Å². The van der Waals surface area contributed by atoms with Crippen LogP contribution in [0, 0.1) is 46.3 Å². The van der Waals surface area contributed by atoms with Gasteiger partial charge in [0.05, 0.1) is 12.2 Å². The molecule has 0 radical (unpaired) electrons. The quantitative estimate of drug-likeness (QED) is 0.534. The van der Waals surface area contributed by atoms with Crippen molar-refractivity contribution in [1.29, 1.82) is 0 Å². The summed E-state index contributed by atoms with van der Waals surface area (Å²) in [6, 6.07) is 0. The number of rotatable bonds is 6. The van der Waals surface area contributed by atoms with Crippen LogP contribution in [0.3, 0.4) is 0 Å². The number of aliphatic hydroxyl groups is 3. The molecule has 10 unspecified atom stereocenters. The van der Waals surface area contributed by atoms with Gasteiger partial charge in [-0.15, -0.1) is 0 Å². The van der Waals surface area contributed by atoms with E-state index in [4.69, 9.17) is 5.11 Å².